The average molecular weight is 440 g/mol. The van der Waals surface area contributed by atoms with Crippen LogP contribution in [0.5, 0.6) is 0 Å². The molecule has 0 heterocycles. The highest BCUT2D eigenvalue weighted by atomic mass is 32.2. The summed E-state index contributed by atoms with van der Waals surface area (Å²) in [5.74, 6) is 0. The minimum absolute atomic E-state index is 0.0602. The molecule has 0 saturated heterocycles. The van der Waals surface area contributed by atoms with Gasteiger partial charge in [0.2, 0.25) is 0 Å². The summed E-state index contributed by atoms with van der Waals surface area (Å²) >= 11 is 3.15. The first-order chi connectivity index (χ1) is 13.8. The van der Waals surface area contributed by atoms with Gasteiger partial charge in [0.1, 0.15) is 0 Å². The first kappa shape index (κ1) is 22.0. The zero-order valence-corrected chi connectivity index (χ0v) is 19.7. The predicted molar refractivity (Wildman–Crippen MR) is 132 cm³/mol. The van der Waals surface area contributed by atoms with Gasteiger partial charge in [-0.1, -0.05) is 84.6 Å². The SMILES string of the molecule is C/C(=N/SC(C)(C)C)Sc1ccccc1P(=O)(c1ccccc1)c1ccccc1. The van der Waals surface area contributed by atoms with Crippen LogP contribution in [0, 0.1) is 0 Å². The second-order valence-corrected chi connectivity index (χ2v) is 13.2. The van der Waals surface area contributed by atoms with Crippen LogP contribution < -0.4 is 15.9 Å². The molecule has 0 radical (unpaired) electrons. The van der Waals surface area contributed by atoms with Crippen molar-refractivity contribution in [3.63, 3.8) is 0 Å². The zero-order chi connectivity index (χ0) is 20.9. The molecule has 3 rings (SSSR count). The van der Waals surface area contributed by atoms with Crippen LogP contribution >= 0.6 is 30.9 Å². The first-order valence-electron chi connectivity index (χ1n) is 9.52. The third kappa shape index (κ3) is 5.45. The lowest BCUT2D eigenvalue weighted by Crippen LogP contribution is -2.26. The normalized spacial score (nSPS) is 12.8. The largest absolute Gasteiger partial charge is 0.309 e. The Morgan fingerprint density at radius 1 is 0.793 bits per heavy atom. The van der Waals surface area contributed by atoms with Gasteiger partial charge in [-0.15, -0.1) is 0 Å². The van der Waals surface area contributed by atoms with Crippen molar-refractivity contribution in [3.05, 3.63) is 84.9 Å². The summed E-state index contributed by atoms with van der Waals surface area (Å²) in [5, 5.41) is 3.50. The van der Waals surface area contributed by atoms with E-state index in [9.17, 15) is 4.57 Å². The van der Waals surface area contributed by atoms with E-state index in [0.29, 0.717) is 0 Å². The highest BCUT2D eigenvalue weighted by Gasteiger charge is 2.31. The molecule has 0 aliphatic rings. The highest BCUT2D eigenvalue weighted by Crippen LogP contribution is 2.45. The van der Waals surface area contributed by atoms with Crippen molar-refractivity contribution in [2.75, 3.05) is 0 Å². The van der Waals surface area contributed by atoms with Crippen molar-refractivity contribution in [1.29, 1.82) is 0 Å². The molecule has 0 aromatic heterocycles. The van der Waals surface area contributed by atoms with E-state index in [0.717, 1.165) is 25.9 Å². The van der Waals surface area contributed by atoms with Crippen molar-refractivity contribution in [2.45, 2.75) is 37.3 Å². The van der Waals surface area contributed by atoms with Gasteiger partial charge in [0.25, 0.3) is 0 Å². The maximum Gasteiger partial charge on any atom is 0.172 e. The Morgan fingerprint density at radius 3 is 1.79 bits per heavy atom. The molecule has 0 aliphatic carbocycles. The number of hydrogen-bond acceptors (Lipinski definition) is 4. The first-order valence-corrected chi connectivity index (χ1v) is 12.8. The van der Waals surface area contributed by atoms with Crippen molar-refractivity contribution in [2.24, 2.45) is 4.40 Å². The van der Waals surface area contributed by atoms with Crippen molar-refractivity contribution < 1.29 is 4.57 Å². The molecule has 0 fully saturated rings. The van der Waals surface area contributed by atoms with Crippen LogP contribution in [0.3, 0.4) is 0 Å². The molecule has 0 atom stereocenters. The molecule has 0 aliphatic heterocycles. The Morgan fingerprint density at radius 2 is 1.28 bits per heavy atom. The van der Waals surface area contributed by atoms with Crippen molar-refractivity contribution in [3.8, 4) is 0 Å². The highest BCUT2D eigenvalue weighted by molar-refractivity contribution is 8.15. The fourth-order valence-corrected chi connectivity index (χ4v) is 7.43. The fourth-order valence-electron chi connectivity index (χ4n) is 2.89. The molecule has 0 spiro atoms. The van der Waals surface area contributed by atoms with Gasteiger partial charge in [0, 0.05) is 25.6 Å². The Bertz CT molecular complexity index is 984. The smallest absolute Gasteiger partial charge is 0.172 e. The summed E-state index contributed by atoms with van der Waals surface area (Å²) in [5.41, 5.74) is 0. The van der Waals surface area contributed by atoms with Crippen molar-refractivity contribution >= 4 is 51.8 Å². The lowest BCUT2D eigenvalue weighted by Gasteiger charge is -2.22. The van der Waals surface area contributed by atoms with Crippen LogP contribution in [0.4, 0.5) is 0 Å². The van der Waals surface area contributed by atoms with E-state index in [4.69, 9.17) is 0 Å². The molecule has 0 N–H and O–H groups in total. The maximum absolute atomic E-state index is 14.7. The molecule has 5 heteroatoms. The molecule has 3 aromatic carbocycles. The summed E-state index contributed by atoms with van der Waals surface area (Å²) in [4.78, 5) is 0.985. The third-order valence-electron chi connectivity index (χ3n) is 4.15. The van der Waals surface area contributed by atoms with E-state index in [-0.39, 0.29) is 4.75 Å². The minimum Gasteiger partial charge on any atom is -0.309 e. The van der Waals surface area contributed by atoms with Crippen LogP contribution in [-0.4, -0.2) is 9.79 Å². The number of hydrogen-bond donors (Lipinski definition) is 0. The number of nitrogens with zero attached hydrogens (tertiary/aromatic N) is 1. The van der Waals surface area contributed by atoms with Crippen LogP contribution in [0.2, 0.25) is 0 Å². The van der Waals surface area contributed by atoms with E-state index < -0.39 is 7.14 Å². The Hall–Kier alpha value is -1.74. The Balaban J connectivity index is 2.11. The van der Waals surface area contributed by atoms with E-state index in [2.05, 4.69) is 25.2 Å². The van der Waals surface area contributed by atoms with Crippen LogP contribution in [0.25, 0.3) is 0 Å². The standard InChI is InChI=1S/C24H26NOPS2/c1-19(25-29-24(2,3)4)28-23-18-12-11-17-22(23)27(26,20-13-7-5-8-14-20)21-15-9-6-10-16-21/h5-18H,1-4H3/b25-19-. The maximum atomic E-state index is 14.7. The summed E-state index contributed by atoms with van der Waals surface area (Å²) < 4.78 is 19.4. The van der Waals surface area contributed by atoms with Gasteiger partial charge < -0.3 is 4.57 Å². The van der Waals surface area contributed by atoms with Gasteiger partial charge in [-0.2, -0.15) is 0 Å². The summed E-state index contributed by atoms with van der Waals surface area (Å²) in [6.45, 7) is 8.44. The van der Waals surface area contributed by atoms with Crippen LogP contribution in [-0.2, 0) is 4.57 Å². The average Bonchev–Trinajstić information content (AvgIpc) is 2.73. The van der Waals surface area contributed by atoms with Crippen LogP contribution in [0.15, 0.2) is 94.2 Å². The topological polar surface area (TPSA) is 29.4 Å². The number of thioether (sulfide) groups is 1. The molecule has 29 heavy (non-hydrogen) atoms. The fraction of sp³-hybridized carbons (Fsp3) is 0.208. The van der Waals surface area contributed by atoms with E-state index in [1.807, 2.05) is 91.9 Å². The minimum atomic E-state index is -3.00. The summed E-state index contributed by atoms with van der Waals surface area (Å²) in [7, 11) is -3.00. The number of rotatable bonds is 5. The molecule has 3 aromatic rings. The molecular weight excluding hydrogens is 413 g/mol. The van der Waals surface area contributed by atoms with Gasteiger partial charge in [0.05, 0.1) is 5.04 Å². The molecule has 2 nitrogen and oxygen atoms in total. The Labute approximate surface area is 182 Å². The Kier molecular flexibility index (Phi) is 7.10. The van der Waals surface area contributed by atoms with Crippen LogP contribution in [0.1, 0.15) is 27.7 Å². The van der Waals surface area contributed by atoms with Gasteiger partial charge in [-0.3, -0.25) is 0 Å². The predicted octanol–water partition coefficient (Wildman–Crippen LogP) is 6.28. The second-order valence-electron chi connectivity index (χ2n) is 7.66. The van der Waals surface area contributed by atoms with E-state index in [1.54, 1.807) is 23.7 Å². The van der Waals surface area contributed by atoms with E-state index >= 15 is 0 Å². The summed E-state index contributed by atoms with van der Waals surface area (Å²) in [6.07, 6.45) is 0. The zero-order valence-electron chi connectivity index (χ0n) is 17.2. The monoisotopic (exact) mass is 439 g/mol. The lowest BCUT2D eigenvalue weighted by molar-refractivity contribution is 0.592. The third-order valence-corrected chi connectivity index (χ3v) is 9.41. The second kappa shape index (κ2) is 9.38. The molecule has 0 saturated carbocycles. The molecular formula is C24H26NOPS2. The molecule has 0 unspecified atom stereocenters. The van der Waals surface area contributed by atoms with Gasteiger partial charge >= 0.3 is 0 Å². The van der Waals surface area contributed by atoms with Gasteiger partial charge in [-0.25, -0.2) is 4.40 Å². The quantitative estimate of drug-likeness (QED) is 0.154. The van der Waals surface area contributed by atoms with Gasteiger partial charge in [-0.05, 0) is 51.8 Å². The molecule has 150 valence electrons. The number of benzene rings is 3. The summed E-state index contributed by atoms with van der Waals surface area (Å²) in [6, 6.07) is 27.6. The molecule has 0 amide bonds. The lowest BCUT2D eigenvalue weighted by atomic mass is 10.3. The van der Waals surface area contributed by atoms with E-state index in [1.165, 1.54) is 0 Å². The van der Waals surface area contributed by atoms with Gasteiger partial charge in [0.15, 0.2) is 7.14 Å². The molecule has 0 bridgehead atoms. The van der Waals surface area contributed by atoms with Crippen molar-refractivity contribution in [1.82, 2.24) is 0 Å².